The highest BCUT2D eigenvalue weighted by Gasteiger charge is 2.17. The lowest BCUT2D eigenvalue weighted by molar-refractivity contribution is 0.187. The van der Waals surface area contributed by atoms with E-state index >= 15 is 0 Å². The molecule has 2 N–H and O–H groups in total. The lowest BCUT2D eigenvalue weighted by Gasteiger charge is -2.18. The predicted octanol–water partition coefficient (Wildman–Crippen LogP) is 0.223. The molecule has 0 aromatic rings. The first-order valence-corrected chi connectivity index (χ1v) is 4.21. The first-order chi connectivity index (χ1) is 4.09. The summed E-state index contributed by atoms with van der Waals surface area (Å²) in [5, 5.41) is 8.66. The van der Waals surface area contributed by atoms with E-state index in [0.717, 1.165) is 0 Å². The van der Waals surface area contributed by atoms with Gasteiger partial charge in [-0.3, -0.25) is 4.72 Å². The van der Waals surface area contributed by atoms with E-state index in [0.29, 0.717) is 0 Å². The van der Waals surface area contributed by atoms with Crippen molar-refractivity contribution in [2.75, 3.05) is 0 Å². The van der Waals surface area contributed by atoms with Crippen LogP contribution < -0.4 is 4.72 Å². The van der Waals surface area contributed by atoms with Crippen molar-refractivity contribution in [3.63, 3.8) is 0 Å². The Morgan fingerprint density at radius 1 is 1.22 bits per heavy atom. The van der Waals surface area contributed by atoms with Crippen molar-refractivity contribution in [1.29, 1.82) is 0 Å². The van der Waals surface area contributed by atoms with E-state index in [1.807, 2.05) is 0 Å². The molecule has 0 aromatic heterocycles. The van der Waals surface area contributed by atoms with Crippen LogP contribution in [-0.4, -0.2) is 21.2 Å². The van der Waals surface area contributed by atoms with Gasteiger partial charge in [0.25, 0.3) is 0 Å². The van der Waals surface area contributed by atoms with Gasteiger partial charge in [-0.1, -0.05) is 12.8 Å². The number of hydrogen-bond donors (Lipinski definition) is 6. The summed E-state index contributed by atoms with van der Waals surface area (Å²) in [5.74, 6) is 0. The Bertz CT molecular complexity index is 80.2. The van der Waals surface area contributed by atoms with Crippen LogP contribution in [0.25, 0.3) is 0 Å². The van der Waals surface area contributed by atoms with Gasteiger partial charge in [0.2, 0.25) is 0 Å². The molecule has 0 heterocycles. The summed E-state index contributed by atoms with van der Waals surface area (Å²) in [6, 6.07) is 0. The lowest BCUT2D eigenvalue weighted by Crippen LogP contribution is -2.34. The van der Waals surface area contributed by atoms with Gasteiger partial charge < -0.3 is 5.11 Å². The summed E-state index contributed by atoms with van der Waals surface area (Å²) in [7, 11) is 0. The number of aliphatic hydroxyl groups is 1. The molecule has 2 atom stereocenters. The molecule has 6 heteroatoms. The van der Waals surface area contributed by atoms with Crippen LogP contribution in [0.1, 0.15) is 0 Å². The van der Waals surface area contributed by atoms with Gasteiger partial charge >= 0.3 is 0 Å². The summed E-state index contributed by atoms with van der Waals surface area (Å²) < 4.78 is 2.06. The Morgan fingerprint density at radius 3 is 1.78 bits per heavy atom. The number of thiol groups is 4. The lowest BCUT2D eigenvalue weighted by atomic mass is 10.4. The van der Waals surface area contributed by atoms with E-state index in [1.54, 1.807) is 0 Å². The highest BCUT2D eigenvalue weighted by Crippen LogP contribution is 2.12. The van der Waals surface area contributed by atoms with Gasteiger partial charge in [-0.25, -0.2) is 0 Å². The predicted molar refractivity (Wildman–Crippen MR) is 52.7 cm³/mol. The van der Waals surface area contributed by atoms with Crippen molar-refractivity contribution < 1.29 is 5.11 Å². The Hall–Kier alpha value is 1.32. The second-order valence-corrected chi connectivity index (χ2v) is 3.81. The van der Waals surface area contributed by atoms with Gasteiger partial charge in [0.15, 0.2) is 0 Å². The van der Waals surface area contributed by atoms with Gasteiger partial charge in [0.1, 0.15) is 0 Å². The molecule has 56 valence electrons. The van der Waals surface area contributed by atoms with Crippen LogP contribution in [-0.2, 0) is 0 Å². The second-order valence-electron chi connectivity index (χ2n) is 1.48. The van der Waals surface area contributed by atoms with E-state index < -0.39 is 16.1 Å². The molecule has 0 aliphatic heterocycles. The summed E-state index contributed by atoms with van der Waals surface area (Å²) in [5.41, 5.74) is 0. The fourth-order valence-corrected chi connectivity index (χ4v) is 1.18. The van der Waals surface area contributed by atoms with Gasteiger partial charge in [-0.2, -0.15) is 37.9 Å². The van der Waals surface area contributed by atoms with Gasteiger partial charge in [-0.15, -0.1) is 0 Å². The molecule has 0 spiro atoms. The molecule has 0 aliphatic rings. The van der Waals surface area contributed by atoms with Crippen LogP contribution in [0.5, 0.6) is 0 Å². The molecule has 2 unspecified atom stereocenters. The fraction of sp³-hybridized carbons (Fsp3) is 1.00. The summed E-state index contributed by atoms with van der Waals surface area (Å²) in [6.45, 7) is 0. The van der Waals surface area contributed by atoms with Crippen LogP contribution in [0.4, 0.5) is 0 Å². The Morgan fingerprint density at radius 2 is 1.67 bits per heavy atom. The van der Waals surface area contributed by atoms with E-state index in [-0.39, 0.29) is 0 Å². The number of hydrogen-bond acceptors (Lipinski definition) is 6. The molecule has 0 saturated carbocycles. The van der Waals surface area contributed by atoms with E-state index in [2.05, 4.69) is 55.4 Å². The van der Waals surface area contributed by atoms with Crippen LogP contribution in [0.3, 0.4) is 0 Å². The minimum absolute atomic E-state index is 0.395. The molecular formula is C3H9NOS4. The van der Waals surface area contributed by atoms with E-state index in [4.69, 9.17) is 5.11 Å². The first kappa shape index (κ1) is 10.3. The molecule has 0 radical (unpaired) electrons. The molecule has 0 saturated heterocycles. The van der Waals surface area contributed by atoms with Crippen molar-refractivity contribution >= 4 is 50.7 Å². The monoisotopic (exact) mass is 203 g/mol. The molecular weight excluding hydrogens is 194 g/mol. The zero-order chi connectivity index (χ0) is 7.44. The Balaban J connectivity index is 3.58. The maximum absolute atomic E-state index is 9.05. The molecule has 0 rings (SSSR count). The standard InChI is InChI=1S/C3H9NOS4/c5-1(3(7)8)2(6)4-9/h1-9H. The molecule has 2 nitrogen and oxygen atoms in total. The topological polar surface area (TPSA) is 32.3 Å². The smallest absolute Gasteiger partial charge is 0.0996 e. The molecule has 9 heavy (non-hydrogen) atoms. The van der Waals surface area contributed by atoms with Crippen LogP contribution in [0.15, 0.2) is 0 Å². The third-order valence-electron chi connectivity index (χ3n) is 0.761. The molecule has 0 aromatic carbocycles. The molecule has 0 amide bonds. The average molecular weight is 203 g/mol. The highest BCUT2D eigenvalue weighted by atomic mass is 32.2. The minimum Gasteiger partial charge on any atom is -0.389 e. The quantitative estimate of drug-likeness (QED) is 0.293. The van der Waals surface area contributed by atoms with Gasteiger partial charge in [-0.05, 0) is 0 Å². The maximum Gasteiger partial charge on any atom is 0.0996 e. The molecule has 0 fully saturated rings. The second kappa shape index (κ2) is 5.03. The van der Waals surface area contributed by atoms with E-state index in [1.165, 1.54) is 0 Å². The van der Waals surface area contributed by atoms with Crippen LogP contribution in [0, 0.1) is 0 Å². The highest BCUT2D eigenvalue weighted by molar-refractivity contribution is 7.99. The van der Waals surface area contributed by atoms with Crippen LogP contribution in [0.2, 0.25) is 0 Å². The van der Waals surface area contributed by atoms with Crippen molar-refractivity contribution in [3.8, 4) is 0 Å². The Labute approximate surface area is 76.6 Å². The summed E-state index contributed by atoms with van der Waals surface area (Å²) in [6.07, 6.45) is -0.711. The largest absolute Gasteiger partial charge is 0.389 e. The third kappa shape index (κ3) is 3.90. The van der Waals surface area contributed by atoms with Gasteiger partial charge in [0.05, 0.1) is 16.1 Å². The van der Waals surface area contributed by atoms with E-state index in [9.17, 15) is 0 Å². The zero-order valence-electron chi connectivity index (χ0n) is 4.47. The normalized spacial score (nSPS) is 18.0. The number of aliphatic hydroxyl groups excluding tert-OH is 1. The molecule has 0 bridgehead atoms. The summed E-state index contributed by atoms with van der Waals surface area (Å²) >= 11 is 15.4. The van der Waals surface area contributed by atoms with Crippen molar-refractivity contribution in [3.05, 3.63) is 0 Å². The number of nitrogens with one attached hydrogen (secondary N) is 1. The van der Waals surface area contributed by atoms with Crippen molar-refractivity contribution in [2.24, 2.45) is 0 Å². The fourth-order valence-electron chi connectivity index (χ4n) is 0.239. The average Bonchev–Trinajstić information content (AvgIpc) is 1.84. The summed E-state index contributed by atoms with van der Waals surface area (Å²) in [4.78, 5) is 0. The maximum atomic E-state index is 9.05. The minimum atomic E-state index is -0.711. The SMILES string of the molecule is OC(C(S)S)C(S)NS. The van der Waals surface area contributed by atoms with Gasteiger partial charge in [0, 0.05) is 0 Å². The first-order valence-electron chi connectivity index (χ1n) is 2.21. The van der Waals surface area contributed by atoms with Crippen molar-refractivity contribution in [2.45, 2.75) is 16.1 Å². The third-order valence-corrected chi connectivity index (χ3v) is 2.29. The van der Waals surface area contributed by atoms with Crippen LogP contribution >= 0.6 is 50.7 Å². The van der Waals surface area contributed by atoms with Crippen molar-refractivity contribution in [1.82, 2.24) is 4.72 Å². The zero-order valence-corrected chi connectivity index (χ0v) is 8.05. The molecule has 0 aliphatic carbocycles. The number of rotatable bonds is 3. The Kier molecular flexibility index (Phi) is 5.77.